The first-order chi connectivity index (χ1) is 16.9. The average molecular weight is 595 g/mol. The number of pyridine rings is 1. The van der Waals surface area contributed by atoms with Crippen LogP contribution in [0.25, 0.3) is 0 Å². The van der Waals surface area contributed by atoms with E-state index in [1.54, 1.807) is 24.5 Å². The Labute approximate surface area is 220 Å². The first-order valence-electron chi connectivity index (χ1n) is 11.1. The molecule has 3 heterocycles. The highest BCUT2D eigenvalue weighted by atomic mass is 79.9. The molecule has 2 aliphatic heterocycles. The van der Waals surface area contributed by atoms with Crippen molar-refractivity contribution in [1.82, 2.24) is 10.3 Å². The summed E-state index contributed by atoms with van der Waals surface area (Å²) in [6.07, 6.45) is 5.65. The number of nitrogens with one attached hydrogen (secondary N) is 1. The Morgan fingerprint density at radius 3 is 2.66 bits per heavy atom. The maximum absolute atomic E-state index is 13.3. The fourth-order valence-electron chi connectivity index (χ4n) is 4.07. The van der Waals surface area contributed by atoms with Gasteiger partial charge in [0.25, 0.3) is 5.91 Å². The second kappa shape index (κ2) is 9.79. The molecule has 1 N–H and O–H groups in total. The summed E-state index contributed by atoms with van der Waals surface area (Å²) in [6.45, 7) is 2.30. The molecule has 1 atom stereocenters. The summed E-state index contributed by atoms with van der Waals surface area (Å²) >= 11 is 7.01. The van der Waals surface area contributed by atoms with Crippen LogP contribution in [0, 0.1) is 0 Å². The number of Topliss-reactive ketones (excluding diaryl/α,β-unsaturated/α-hetero) is 1. The third-order valence-corrected chi connectivity index (χ3v) is 6.96. The van der Waals surface area contributed by atoms with Crippen molar-refractivity contribution in [2.75, 3.05) is 11.4 Å². The lowest BCUT2D eigenvalue weighted by Crippen LogP contribution is -2.39. The van der Waals surface area contributed by atoms with Gasteiger partial charge in [-0.3, -0.25) is 9.59 Å². The Morgan fingerprint density at radius 1 is 1.14 bits per heavy atom. The molecule has 1 amide bonds. The van der Waals surface area contributed by atoms with Crippen LogP contribution < -0.4 is 15.0 Å². The molecule has 176 valence electrons. The van der Waals surface area contributed by atoms with Crippen LogP contribution >= 0.6 is 31.9 Å². The number of carbonyl (C=O) groups excluding carboxylic acids is 2. The van der Waals surface area contributed by atoms with Gasteiger partial charge in [0.15, 0.2) is 11.6 Å². The number of ether oxygens (including phenoxy) is 1. The fraction of sp³-hybridized carbons (Fsp3) is 0.148. The van der Waals surface area contributed by atoms with Crippen molar-refractivity contribution >= 4 is 49.4 Å². The molecule has 0 spiro atoms. The summed E-state index contributed by atoms with van der Waals surface area (Å²) in [5.41, 5.74) is 3.53. The Morgan fingerprint density at radius 2 is 1.91 bits per heavy atom. The lowest BCUT2D eigenvalue weighted by Gasteiger charge is -2.34. The molecule has 5 rings (SSSR count). The zero-order valence-corrected chi connectivity index (χ0v) is 22.0. The van der Waals surface area contributed by atoms with Gasteiger partial charge < -0.3 is 15.0 Å². The molecule has 2 aromatic carbocycles. The molecule has 2 aliphatic rings. The number of hydrogen-bond donors (Lipinski definition) is 1. The molecule has 0 aliphatic carbocycles. The molecule has 0 bridgehead atoms. The van der Waals surface area contributed by atoms with Crippen LogP contribution in [0.5, 0.6) is 5.75 Å². The van der Waals surface area contributed by atoms with Gasteiger partial charge in [-0.05, 0) is 80.3 Å². The van der Waals surface area contributed by atoms with Crippen molar-refractivity contribution in [2.45, 2.75) is 19.4 Å². The molecule has 3 aromatic rings. The van der Waals surface area contributed by atoms with Gasteiger partial charge in [-0.2, -0.15) is 0 Å². The van der Waals surface area contributed by atoms with Gasteiger partial charge >= 0.3 is 0 Å². The maximum atomic E-state index is 13.3. The number of para-hydroxylation sites is 1. The monoisotopic (exact) mass is 593 g/mol. The van der Waals surface area contributed by atoms with Gasteiger partial charge in [0, 0.05) is 28.1 Å². The number of benzene rings is 2. The van der Waals surface area contributed by atoms with Gasteiger partial charge in [-0.15, -0.1) is 0 Å². The zero-order chi connectivity index (χ0) is 24.5. The lowest BCUT2D eigenvalue weighted by molar-refractivity contribution is 0.0950. The number of hydrogen-bond acceptors (Lipinski definition) is 5. The predicted molar refractivity (Wildman–Crippen MR) is 142 cm³/mol. The minimum atomic E-state index is -0.557. The number of fused-ring (bicyclic) bond motifs is 2. The largest absolute Gasteiger partial charge is 0.481 e. The van der Waals surface area contributed by atoms with E-state index < -0.39 is 6.10 Å². The standard InChI is InChI=1S/C27H21Br2N3O3/c1-2-16-7-9-17(10-8-16)27(34)31-14-19-12-24-21(25(33)20-5-3-4-6-23(20)35-24)15-32(19)26-22(29)11-18(28)13-30-26/h3-13,15,24H,2,14H2,1H3,(H,31,34)/t24-/m1/s1. The van der Waals surface area contributed by atoms with E-state index in [1.807, 2.05) is 53.4 Å². The molecular formula is C27H21Br2N3O3. The van der Waals surface area contributed by atoms with Crippen LogP contribution in [0.4, 0.5) is 5.82 Å². The normalized spacial score (nSPS) is 16.5. The van der Waals surface area contributed by atoms with Crippen molar-refractivity contribution in [3.8, 4) is 5.75 Å². The van der Waals surface area contributed by atoms with E-state index in [4.69, 9.17) is 4.74 Å². The maximum Gasteiger partial charge on any atom is 0.251 e. The third kappa shape index (κ3) is 4.68. The summed E-state index contributed by atoms with van der Waals surface area (Å²) in [6, 6.07) is 16.7. The molecule has 0 fully saturated rings. The van der Waals surface area contributed by atoms with Crippen LogP contribution in [-0.2, 0) is 6.42 Å². The van der Waals surface area contributed by atoms with Crippen LogP contribution in [0.1, 0.15) is 33.2 Å². The quantitative estimate of drug-likeness (QED) is 0.402. The van der Waals surface area contributed by atoms with E-state index in [9.17, 15) is 9.59 Å². The van der Waals surface area contributed by atoms with Crippen molar-refractivity contribution < 1.29 is 14.3 Å². The average Bonchev–Trinajstić information content (AvgIpc) is 2.87. The van der Waals surface area contributed by atoms with E-state index in [0.29, 0.717) is 28.3 Å². The molecule has 1 aromatic heterocycles. The Kier molecular flexibility index (Phi) is 6.58. The fourth-order valence-corrected chi connectivity index (χ4v) is 5.24. The second-order valence-corrected chi connectivity index (χ2v) is 9.94. The summed E-state index contributed by atoms with van der Waals surface area (Å²) in [5.74, 6) is 0.868. The highest BCUT2D eigenvalue weighted by molar-refractivity contribution is 9.11. The third-order valence-electron chi connectivity index (χ3n) is 5.95. The van der Waals surface area contributed by atoms with Crippen molar-refractivity contribution in [2.24, 2.45) is 0 Å². The molecule has 35 heavy (non-hydrogen) atoms. The number of aryl methyl sites for hydroxylation is 1. The van der Waals surface area contributed by atoms with Gasteiger partial charge in [-0.25, -0.2) is 4.98 Å². The molecule has 8 heteroatoms. The topological polar surface area (TPSA) is 71.5 Å². The van der Waals surface area contributed by atoms with E-state index in [0.717, 1.165) is 21.1 Å². The smallest absolute Gasteiger partial charge is 0.251 e. The van der Waals surface area contributed by atoms with Crippen LogP contribution in [0.15, 0.2) is 93.3 Å². The number of ketones is 1. The van der Waals surface area contributed by atoms with E-state index in [2.05, 4.69) is 49.1 Å². The number of rotatable bonds is 5. The summed E-state index contributed by atoms with van der Waals surface area (Å²) in [5, 5.41) is 2.99. The number of nitrogens with zero attached hydrogens (tertiary/aromatic N) is 2. The van der Waals surface area contributed by atoms with E-state index >= 15 is 0 Å². The number of anilines is 1. The number of halogens is 2. The minimum Gasteiger partial charge on any atom is -0.481 e. The van der Waals surface area contributed by atoms with Gasteiger partial charge in [0.05, 0.1) is 22.2 Å². The number of aromatic nitrogens is 1. The zero-order valence-electron chi connectivity index (χ0n) is 18.8. The highest BCUT2D eigenvalue weighted by Crippen LogP contribution is 2.37. The molecule has 0 saturated carbocycles. The number of amides is 1. The molecule has 0 unspecified atom stereocenters. The number of carbonyl (C=O) groups is 2. The summed E-state index contributed by atoms with van der Waals surface area (Å²) < 4.78 is 7.69. The first kappa shape index (κ1) is 23.5. The van der Waals surface area contributed by atoms with E-state index in [1.165, 1.54) is 5.56 Å². The van der Waals surface area contributed by atoms with Crippen LogP contribution in [0.3, 0.4) is 0 Å². The van der Waals surface area contributed by atoms with Gasteiger partial charge in [0.1, 0.15) is 11.9 Å². The Hall–Kier alpha value is -3.23. The van der Waals surface area contributed by atoms with Crippen LogP contribution in [0.2, 0.25) is 0 Å². The molecular weight excluding hydrogens is 574 g/mol. The van der Waals surface area contributed by atoms with Gasteiger partial charge in [-0.1, -0.05) is 31.2 Å². The van der Waals surface area contributed by atoms with Crippen molar-refractivity contribution in [3.05, 3.63) is 110 Å². The molecule has 0 radical (unpaired) electrons. The predicted octanol–water partition coefficient (Wildman–Crippen LogP) is 5.83. The first-order valence-corrected chi connectivity index (χ1v) is 12.7. The van der Waals surface area contributed by atoms with Gasteiger partial charge in [0.2, 0.25) is 0 Å². The highest BCUT2D eigenvalue weighted by Gasteiger charge is 2.35. The Bertz CT molecular complexity index is 1380. The minimum absolute atomic E-state index is 0.0922. The summed E-state index contributed by atoms with van der Waals surface area (Å²) in [7, 11) is 0. The molecule has 6 nitrogen and oxygen atoms in total. The summed E-state index contributed by atoms with van der Waals surface area (Å²) in [4.78, 5) is 32.5. The Balaban J connectivity index is 1.47. The molecule has 0 saturated heterocycles. The van der Waals surface area contributed by atoms with Crippen molar-refractivity contribution in [1.29, 1.82) is 0 Å². The second-order valence-electron chi connectivity index (χ2n) is 8.17. The van der Waals surface area contributed by atoms with Crippen molar-refractivity contribution in [3.63, 3.8) is 0 Å². The lowest BCUT2D eigenvalue weighted by atomic mass is 9.93. The van der Waals surface area contributed by atoms with Crippen LogP contribution in [-0.4, -0.2) is 29.3 Å². The van der Waals surface area contributed by atoms with E-state index in [-0.39, 0.29) is 18.2 Å². The SMILES string of the molecule is CCc1ccc(C(=O)NCC2=C[C@H]3Oc4ccccc4C(=O)C3=CN2c2ncc(Br)cc2Br)cc1.